The molecule has 122 valence electrons. The largest absolute Gasteiger partial charge is 0.497 e. The van der Waals surface area contributed by atoms with Crippen molar-refractivity contribution >= 4 is 17.9 Å². The van der Waals surface area contributed by atoms with Gasteiger partial charge >= 0.3 is 6.09 Å². The summed E-state index contributed by atoms with van der Waals surface area (Å²) in [6, 6.07) is 13.3. The van der Waals surface area contributed by atoms with Crippen LogP contribution in [0.3, 0.4) is 0 Å². The molecule has 2 aromatic rings. The van der Waals surface area contributed by atoms with Crippen LogP contribution in [0.1, 0.15) is 26.3 Å². The van der Waals surface area contributed by atoms with Gasteiger partial charge in [0.1, 0.15) is 12.4 Å². The minimum Gasteiger partial charge on any atom is -0.497 e. The van der Waals surface area contributed by atoms with E-state index in [0.717, 1.165) is 5.56 Å². The molecule has 1 aliphatic rings. The second-order valence-corrected chi connectivity index (χ2v) is 5.03. The smallest absolute Gasteiger partial charge is 0.426 e. The third-order valence-electron chi connectivity index (χ3n) is 3.53. The standard InChI is InChI=1S/C17H14N2O5/c1-23-12-8-6-11(7-9-12)10-24-17(22)18-19-15(20)13-4-2-3-5-14(13)16(19)21/h2-9H,10H2,1H3,(H,18,22). The number of nitrogens with zero attached hydrogens (tertiary/aromatic N) is 1. The summed E-state index contributed by atoms with van der Waals surface area (Å²) in [6.07, 6.45) is -0.889. The van der Waals surface area contributed by atoms with E-state index in [1.807, 2.05) is 0 Å². The maximum absolute atomic E-state index is 12.1. The number of hydrogen-bond donors (Lipinski definition) is 1. The second kappa shape index (κ2) is 6.41. The van der Waals surface area contributed by atoms with Gasteiger partial charge in [0.15, 0.2) is 0 Å². The van der Waals surface area contributed by atoms with E-state index in [9.17, 15) is 14.4 Å². The van der Waals surface area contributed by atoms with Gasteiger partial charge in [-0.15, -0.1) is 0 Å². The monoisotopic (exact) mass is 326 g/mol. The SMILES string of the molecule is COc1ccc(COC(=O)NN2C(=O)c3ccccc3C2=O)cc1. The zero-order valence-electron chi connectivity index (χ0n) is 12.8. The number of amides is 3. The van der Waals surface area contributed by atoms with Gasteiger partial charge < -0.3 is 9.47 Å². The number of rotatable bonds is 4. The number of hydrogen-bond acceptors (Lipinski definition) is 5. The fourth-order valence-corrected chi connectivity index (χ4v) is 2.28. The summed E-state index contributed by atoms with van der Waals surface area (Å²) in [5.74, 6) is -0.483. The highest BCUT2D eigenvalue weighted by atomic mass is 16.6. The molecule has 0 spiro atoms. The summed E-state index contributed by atoms with van der Waals surface area (Å²) in [5, 5.41) is 0.654. The lowest BCUT2D eigenvalue weighted by Gasteiger charge is -2.15. The summed E-state index contributed by atoms with van der Waals surface area (Å²) >= 11 is 0. The summed E-state index contributed by atoms with van der Waals surface area (Å²) in [5.41, 5.74) is 3.41. The van der Waals surface area contributed by atoms with Crippen molar-refractivity contribution in [2.75, 3.05) is 7.11 Å². The third kappa shape index (κ3) is 2.91. The van der Waals surface area contributed by atoms with Gasteiger partial charge in [0, 0.05) is 0 Å². The first-order valence-corrected chi connectivity index (χ1v) is 7.14. The molecule has 0 radical (unpaired) electrons. The number of imide groups is 1. The Labute approximate surface area is 137 Å². The zero-order valence-corrected chi connectivity index (χ0v) is 12.8. The Morgan fingerprint density at radius 3 is 2.12 bits per heavy atom. The zero-order chi connectivity index (χ0) is 17.1. The van der Waals surface area contributed by atoms with Crippen molar-refractivity contribution in [1.29, 1.82) is 0 Å². The van der Waals surface area contributed by atoms with Crippen LogP contribution in [0.25, 0.3) is 0 Å². The minimum atomic E-state index is -0.889. The number of fused-ring (bicyclic) bond motifs is 1. The predicted octanol–water partition coefficient (Wildman–Crippen LogP) is 2.13. The highest BCUT2D eigenvalue weighted by Crippen LogP contribution is 2.20. The minimum absolute atomic E-state index is 0.000995. The van der Waals surface area contributed by atoms with Gasteiger partial charge in [0.05, 0.1) is 18.2 Å². The molecule has 2 aromatic carbocycles. The van der Waals surface area contributed by atoms with Crippen LogP contribution in [-0.4, -0.2) is 30.0 Å². The van der Waals surface area contributed by atoms with Gasteiger partial charge in [-0.2, -0.15) is 5.01 Å². The normalized spacial score (nSPS) is 12.8. The summed E-state index contributed by atoms with van der Waals surface area (Å²) in [4.78, 5) is 36.1. The molecule has 7 heteroatoms. The van der Waals surface area contributed by atoms with Crippen LogP contribution < -0.4 is 10.2 Å². The molecule has 24 heavy (non-hydrogen) atoms. The van der Waals surface area contributed by atoms with E-state index in [1.165, 1.54) is 12.1 Å². The molecular formula is C17H14N2O5. The maximum atomic E-state index is 12.1. The topological polar surface area (TPSA) is 84.9 Å². The maximum Gasteiger partial charge on any atom is 0.426 e. The number of benzene rings is 2. The molecule has 0 unspecified atom stereocenters. The lowest BCUT2D eigenvalue weighted by atomic mass is 10.1. The Hall–Kier alpha value is -3.35. The molecule has 1 aliphatic heterocycles. The Morgan fingerprint density at radius 1 is 1.00 bits per heavy atom. The van der Waals surface area contributed by atoms with Gasteiger partial charge in [-0.3, -0.25) is 9.59 Å². The van der Waals surface area contributed by atoms with Crippen molar-refractivity contribution in [2.24, 2.45) is 0 Å². The molecule has 1 heterocycles. The van der Waals surface area contributed by atoms with Gasteiger partial charge in [-0.05, 0) is 29.8 Å². The summed E-state index contributed by atoms with van der Waals surface area (Å²) < 4.78 is 10.1. The van der Waals surface area contributed by atoms with Crippen molar-refractivity contribution < 1.29 is 23.9 Å². The highest BCUT2D eigenvalue weighted by molar-refractivity contribution is 6.21. The first-order valence-electron chi connectivity index (χ1n) is 7.14. The predicted molar refractivity (Wildman–Crippen MR) is 83.3 cm³/mol. The molecule has 3 rings (SSSR count). The quantitative estimate of drug-likeness (QED) is 0.870. The Kier molecular flexibility index (Phi) is 4.15. The van der Waals surface area contributed by atoms with Crippen LogP contribution in [-0.2, 0) is 11.3 Å². The van der Waals surface area contributed by atoms with Crippen LogP contribution in [0.5, 0.6) is 5.75 Å². The average molecular weight is 326 g/mol. The van der Waals surface area contributed by atoms with E-state index in [-0.39, 0.29) is 17.7 Å². The van der Waals surface area contributed by atoms with Gasteiger partial charge in [-0.1, -0.05) is 24.3 Å². The molecule has 0 fully saturated rings. The average Bonchev–Trinajstić information content (AvgIpc) is 2.86. The Balaban J connectivity index is 1.59. The molecule has 7 nitrogen and oxygen atoms in total. The third-order valence-corrected chi connectivity index (χ3v) is 3.53. The Morgan fingerprint density at radius 2 is 1.58 bits per heavy atom. The number of carbonyl (C=O) groups is 3. The van der Waals surface area contributed by atoms with Crippen molar-refractivity contribution in [1.82, 2.24) is 10.4 Å². The Bertz CT molecular complexity index is 766. The molecule has 0 bridgehead atoms. The van der Waals surface area contributed by atoms with Crippen LogP contribution in [0.4, 0.5) is 4.79 Å². The molecule has 3 amide bonds. The lowest BCUT2D eigenvalue weighted by Crippen LogP contribution is -2.46. The number of methoxy groups -OCH3 is 1. The summed E-state index contributed by atoms with van der Waals surface area (Å²) in [7, 11) is 1.56. The van der Waals surface area contributed by atoms with E-state index < -0.39 is 17.9 Å². The van der Waals surface area contributed by atoms with Gasteiger partial charge in [-0.25, -0.2) is 10.2 Å². The van der Waals surface area contributed by atoms with Gasteiger partial charge in [0.25, 0.3) is 11.8 Å². The molecule has 0 saturated heterocycles. The van der Waals surface area contributed by atoms with Gasteiger partial charge in [0.2, 0.25) is 0 Å². The van der Waals surface area contributed by atoms with Crippen molar-refractivity contribution in [2.45, 2.75) is 6.61 Å². The molecular weight excluding hydrogens is 312 g/mol. The fourth-order valence-electron chi connectivity index (χ4n) is 2.28. The van der Waals surface area contributed by atoms with Crippen molar-refractivity contribution in [3.05, 3.63) is 65.2 Å². The molecule has 1 N–H and O–H groups in total. The van der Waals surface area contributed by atoms with Crippen LogP contribution >= 0.6 is 0 Å². The number of carbonyl (C=O) groups excluding carboxylic acids is 3. The highest BCUT2D eigenvalue weighted by Gasteiger charge is 2.36. The molecule has 0 saturated carbocycles. The number of hydrazine groups is 1. The first kappa shape index (κ1) is 15.5. The van der Waals surface area contributed by atoms with Crippen LogP contribution in [0, 0.1) is 0 Å². The van der Waals surface area contributed by atoms with E-state index in [2.05, 4.69) is 5.43 Å². The first-order chi connectivity index (χ1) is 11.6. The second-order valence-electron chi connectivity index (χ2n) is 5.03. The van der Waals surface area contributed by atoms with E-state index >= 15 is 0 Å². The fraction of sp³-hybridized carbons (Fsp3) is 0.118. The number of nitrogens with one attached hydrogen (secondary N) is 1. The van der Waals surface area contributed by atoms with Crippen LogP contribution in [0.2, 0.25) is 0 Å². The molecule has 0 aromatic heterocycles. The number of ether oxygens (including phenoxy) is 2. The van der Waals surface area contributed by atoms with E-state index in [4.69, 9.17) is 9.47 Å². The molecule has 0 atom stereocenters. The van der Waals surface area contributed by atoms with Crippen molar-refractivity contribution in [3.8, 4) is 5.75 Å². The van der Waals surface area contributed by atoms with E-state index in [1.54, 1.807) is 43.5 Å². The summed E-state index contributed by atoms with van der Waals surface area (Å²) in [6.45, 7) is -0.000995. The molecule has 0 aliphatic carbocycles. The van der Waals surface area contributed by atoms with Crippen molar-refractivity contribution in [3.63, 3.8) is 0 Å². The lowest BCUT2D eigenvalue weighted by molar-refractivity contribution is 0.0521. The van der Waals surface area contributed by atoms with Crippen LogP contribution in [0.15, 0.2) is 48.5 Å². The van der Waals surface area contributed by atoms with E-state index in [0.29, 0.717) is 10.8 Å².